The normalized spacial score (nSPS) is 19.0. The van der Waals surface area contributed by atoms with E-state index in [1.807, 2.05) is 42.5 Å². The Labute approximate surface area is 172 Å². The summed E-state index contributed by atoms with van der Waals surface area (Å²) in [6.45, 7) is 0.688. The van der Waals surface area contributed by atoms with Gasteiger partial charge in [0.25, 0.3) is 0 Å². The second kappa shape index (κ2) is 10.0. The third-order valence-electron chi connectivity index (χ3n) is 4.97. The Bertz CT molecular complexity index is 800. The van der Waals surface area contributed by atoms with E-state index in [4.69, 9.17) is 23.7 Å². The molecule has 1 saturated heterocycles. The molecule has 5 nitrogen and oxygen atoms in total. The highest BCUT2D eigenvalue weighted by atomic mass is 16.5. The van der Waals surface area contributed by atoms with Crippen molar-refractivity contribution in [2.75, 3.05) is 35.0 Å². The van der Waals surface area contributed by atoms with E-state index in [0.717, 1.165) is 40.5 Å². The summed E-state index contributed by atoms with van der Waals surface area (Å²) in [4.78, 5) is 0. The van der Waals surface area contributed by atoms with Crippen LogP contribution in [-0.4, -0.2) is 41.2 Å². The van der Waals surface area contributed by atoms with Gasteiger partial charge in [0.15, 0.2) is 0 Å². The smallest absolute Gasteiger partial charge is 0.126 e. The minimum Gasteiger partial charge on any atom is -0.497 e. The van der Waals surface area contributed by atoms with E-state index in [9.17, 15) is 0 Å². The second-order valence-electron chi connectivity index (χ2n) is 6.80. The van der Waals surface area contributed by atoms with Gasteiger partial charge in [0.2, 0.25) is 0 Å². The molecule has 0 aliphatic carbocycles. The zero-order valence-corrected chi connectivity index (χ0v) is 17.4. The van der Waals surface area contributed by atoms with Crippen LogP contribution in [0, 0.1) is 5.92 Å². The minimum atomic E-state index is 0.0627. The maximum absolute atomic E-state index is 5.94. The molecule has 0 saturated carbocycles. The molecular weight excluding hydrogens is 368 g/mol. The summed E-state index contributed by atoms with van der Waals surface area (Å²) in [6.07, 6.45) is 9.35. The van der Waals surface area contributed by atoms with Crippen molar-refractivity contribution >= 4 is 12.2 Å². The number of hydrogen-bond acceptors (Lipinski definition) is 5. The Morgan fingerprint density at radius 1 is 0.759 bits per heavy atom. The molecule has 0 radical (unpaired) electrons. The standard InChI is InChI=1S/C24H28O5/c1-25-20-9-11-23(27-3)18(14-20)6-5-17-13-22(29-16-17)8-7-19-15-21(26-2)10-12-24(19)28-4/h5-12,14-15,17,22H,13,16H2,1-4H3/b6-5+,8-7+/t17-,22+/m1/s1. The molecule has 1 aliphatic heterocycles. The largest absolute Gasteiger partial charge is 0.497 e. The fourth-order valence-electron chi connectivity index (χ4n) is 3.34. The lowest BCUT2D eigenvalue weighted by Gasteiger charge is -2.08. The van der Waals surface area contributed by atoms with E-state index in [0.29, 0.717) is 12.5 Å². The van der Waals surface area contributed by atoms with Crippen molar-refractivity contribution in [2.45, 2.75) is 12.5 Å². The van der Waals surface area contributed by atoms with Gasteiger partial charge < -0.3 is 23.7 Å². The number of ether oxygens (including phenoxy) is 5. The van der Waals surface area contributed by atoms with Crippen LogP contribution in [-0.2, 0) is 4.74 Å². The highest BCUT2D eigenvalue weighted by molar-refractivity contribution is 5.61. The van der Waals surface area contributed by atoms with E-state index in [1.165, 1.54) is 0 Å². The van der Waals surface area contributed by atoms with E-state index in [-0.39, 0.29) is 6.10 Å². The van der Waals surface area contributed by atoms with E-state index in [1.54, 1.807) is 28.4 Å². The summed E-state index contributed by atoms with van der Waals surface area (Å²) in [6, 6.07) is 11.5. The lowest BCUT2D eigenvalue weighted by atomic mass is 10.0. The van der Waals surface area contributed by atoms with Crippen LogP contribution in [0.1, 0.15) is 17.5 Å². The van der Waals surface area contributed by atoms with Crippen LogP contribution in [0.25, 0.3) is 12.2 Å². The SMILES string of the molecule is COc1ccc(OC)c(/C=C/[C@H]2CO[C@@H](/C=C/c3cc(OC)ccc3OC)C2)c1. The zero-order valence-electron chi connectivity index (χ0n) is 17.4. The van der Waals surface area contributed by atoms with Gasteiger partial charge in [-0.05, 0) is 42.8 Å². The first-order valence-corrected chi connectivity index (χ1v) is 9.59. The first-order valence-electron chi connectivity index (χ1n) is 9.59. The predicted octanol–water partition coefficient (Wildman–Crippen LogP) is 4.85. The first kappa shape index (κ1) is 20.8. The van der Waals surface area contributed by atoms with Gasteiger partial charge in [0.1, 0.15) is 23.0 Å². The van der Waals surface area contributed by atoms with Gasteiger partial charge in [-0.15, -0.1) is 0 Å². The minimum absolute atomic E-state index is 0.0627. The fourth-order valence-corrected chi connectivity index (χ4v) is 3.34. The molecule has 0 bridgehead atoms. The highest BCUT2D eigenvalue weighted by Gasteiger charge is 2.21. The third-order valence-corrected chi connectivity index (χ3v) is 4.97. The summed E-state index contributed by atoms with van der Waals surface area (Å²) in [5.41, 5.74) is 1.96. The summed E-state index contributed by atoms with van der Waals surface area (Å²) in [5.74, 6) is 3.57. The van der Waals surface area contributed by atoms with Gasteiger partial charge in [-0.1, -0.05) is 24.3 Å². The second-order valence-corrected chi connectivity index (χ2v) is 6.80. The molecule has 0 aromatic heterocycles. The first-order chi connectivity index (χ1) is 14.2. The molecule has 0 N–H and O–H groups in total. The van der Waals surface area contributed by atoms with Crippen LogP contribution in [0.2, 0.25) is 0 Å². The lowest BCUT2D eigenvalue weighted by Crippen LogP contribution is -1.99. The molecule has 154 valence electrons. The Kier molecular flexibility index (Phi) is 7.19. The molecule has 5 heteroatoms. The average Bonchev–Trinajstić information content (AvgIpc) is 3.23. The Morgan fingerprint density at radius 2 is 1.31 bits per heavy atom. The van der Waals surface area contributed by atoms with E-state index in [2.05, 4.69) is 18.2 Å². The van der Waals surface area contributed by atoms with Gasteiger partial charge in [0.05, 0.1) is 41.2 Å². The van der Waals surface area contributed by atoms with Crippen LogP contribution in [0.4, 0.5) is 0 Å². The molecule has 1 heterocycles. The van der Waals surface area contributed by atoms with Crippen LogP contribution < -0.4 is 18.9 Å². The molecule has 2 aromatic carbocycles. The molecule has 1 fully saturated rings. The molecule has 0 unspecified atom stereocenters. The van der Waals surface area contributed by atoms with Crippen molar-refractivity contribution < 1.29 is 23.7 Å². The molecule has 1 aliphatic rings. The predicted molar refractivity (Wildman–Crippen MR) is 115 cm³/mol. The van der Waals surface area contributed by atoms with Gasteiger partial charge in [-0.3, -0.25) is 0 Å². The number of benzene rings is 2. The molecule has 2 atom stereocenters. The highest BCUT2D eigenvalue weighted by Crippen LogP contribution is 2.29. The fraction of sp³-hybridized carbons (Fsp3) is 0.333. The zero-order chi connectivity index (χ0) is 20.6. The summed E-state index contributed by atoms with van der Waals surface area (Å²) in [5, 5.41) is 0. The average molecular weight is 396 g/mol. The molecule has 0 amide bonds. The van der Waals surface area contributed by atoms with Gasteiger partial charge >= 0.3 is 0 Å². The van der Waals surface area contributed by atoms with Gasteiger partial charge in [-0.25, -0.2) is 0 Å². The molecule has 2 aromatic rings. The summed E-state index contributed by atoms with van der Waals surface area (Å²) < 4.78 is 27.4. The van der Waals surface area contributed by atoms with E-state index < -0.39 is 0 Å². The number of rotatable bonds is 8. The Hall–Kier alpha value is -2.92. The third kappa shape index (κ3) is 5.33. The monoisotopic (exact) mass is 396 g/mol. The number of methoxy groups -OCH3 is 4. The van der Waals surface area contributed by atoms with Crippen molar-refractivity contribution in [1.29, 1.82) is 0 Å². The van der Waals surface area contributed by atoms with E-state index >= 15 is 0 Å². The topological polar surface area (TPSA) is 46.2 Å². The Morgan fingerprint density at radius 3 is 1.83 bits per heavy atom. The quantitative estimate of drug-likeness (QED) is 0.638. The maximum atomic E-state index is 5.94. The van der Waals surface area contributed by atoms with Crippen LogP contribution in [0.3, 0.4) is 0 Å². The Balaban J connectivity index is 1.65. The molecule has 29 heavy (non-hydrogen) atoms. The van der Waals surface area contributed by atoms with Crippen molar-refractivity contribution in [1.82, 2.24) is 0 Å². The van der Waals surface area contributed by atoms with Crippen molar-refractivity contribution in [3.8, 4) is 23.0 Å². The molecule has 0 spiro atoms. The van der Waals surface area contributed by atoms with Crippen LogP contribution >= 0.6 is 0 Å². The molecular formula is C24H28O5. The maximum Gasteiger partial charge on any atom is 0.126 e. The summed E-state index contributed by atoms with van der Waals surface area (Å²) in [7, 11) is 6.66. The van der Waals surface area contributed by atoms with Gasteiger partial charge in [-0.2, -0.15) is 0 Å². The lowest BCUT2D eigenvalue weighted by molar-refractivity contribution is 0.142. The number of hydrogen-bond donors (Lipinski definition) is 0. The van der Waals surface area contributed by atoms with Crippen molar-refractivity contribution in [2.24, 2.45) is 5.92 Å². The molecule has 3 rings (SSSR count). The van der Waals surface area contributed by atoms with Crippen LogP contribution in [0.5, 0.6) is 23.0 Å². The summed E-state index contributed by atoms with van der Waals surface area (Å²) >= 11 is 0. The van der Waals surface area contributed by atoms with Crippen molar-refractivity contribution in [3.63, 3.8) is 0 Å². The van der Waals surface area contributed by atoms with Crippen molar-refractivity contribution in [3.05, 3.63) is 59.7 Å². The van der Waals surface area contributed by atoms with Gasteiger partial charge in [0, 0.05) is 17.0 Å². The van der Waals surface area contributed by atoms with Crippen LogP contribution in [0.15, 0.2) is 48.6 Å².